The van der Waals surface area contributed by atoms with Crippen molar-refractivity contribution in [2.45, 2.75) is 6.92 Å². The van der Waals surface area contributed by atoms with Crippen molar-refractivity contribution in [3.05, 3.63) is 83.4 Å². The molecule has 0 spiro atoms. The fourth-order valence-corrected chi connectivity index (χ4v) is 4.30. The van der Waals surface area contributed by atoms with E-state index in [0.29, 0.717) is 11.1 Å². The summed E-state index contributed by atoms with van der Waals surface area (Å²) in [6, 6.07) is 19.4. The number of carbonyl (C=O) groups excluding carboxylic acids is 1. The number of ketones is 1. The predicted octanol–water partition coefficient (Wildman–Crippen LogP) is 5.52. The van der Waals surface area contributed by atoms with Crippen molar-refractivity contribution in [2.24, 2.45) is 0 Å². The molecule has 0 aliphatic rings. The van der Waals surface area contributed by atoms with E-state index in [1.807, 2.05) is 31.2 Å². The predicted molar refractivity (Wildman–Crippen MR) is 105 cm³/mol. The third kappa shape index (κ3) is 2.85. The Kier molecular flexibility index (Phi) is 3.98. The molecule has 0 saturated heterocycles. The standard InChI is InChI=1S/C22H16O3S/c1-13-3-2-4-15(11-13)21(25)20-18-10-9-17(24)12-19(18)26-22(20)14-5-7-16(23)8-6-14/h2-12,23-24H,1H3. The first kappa shape index (κ1) is 16.4. The van der Waals surface area contributed by atoms with Gasteiger partial charge in [-0.25, -0.2) is 0 Å². The molecule has 26 heavy (non-hydrogen) atoms. The lowest BCUT2D eigenvalue weighted by molar-refractivity contribution is 0.104. The third-order valence-corrected chi connectivity index (χ3v) is 5.51. The molecule has 0 radical (unpaired) electrons. The van der Waals surface area contributed by atoms with E-state index in [1.54, 1.807) is 42.5 Å². The summed E-state index contributed by atoms with van der Waals surface area (Å²) in [5.41, 5.74) is 3.15. The summed E-state index contributed by atoms with van der Waals surface area (Å²) in [4.78, 5) is 14.1. The molecular weight excluding hydrogens is 344 g/mol. The number of rotatable bonds is 3. The Morgan fingerprint density at radius 3 is 2.35 bits per heavy atom. The molecule has 2 N–H and O–H groups in total. The monoisotopic (exact) mass is 360 g/mol. The minimum atomic E-state index is -0.0475. The molecule has 3 aromatic carbocycles. The van der Waals surface area contributed by atoms with E-state index in [9.17, 15) is 15.0 Å². The number of aromatic hydroxyl groups is 2. The lowest BCUT2D eigenvalue weighted by Crippen LogP contribution is -2.02. The van der Waals surface area contributed by atoms with Crippen LogP contribution in [0, 0.1) is 6.92 Å². The van der Waals surface area contributed by atoms with Crippen LogP contribution in [-0.4, -0.2) is 16.0 Å². The topological polar surface area (TPSA) is 57.5 Å². The van der Waals surface area contributed by atoms with Gasteiger partial charge in [0, 0.05) is 26.1 Å². The minimum Gasteiger partial charge on any atom is -0.508 e. The molecule has 0 fully saturated rings. The molecule has 0 saturated carbocycles. The van der Waals surface area contributed by atoms with Crippen LogP contribution < -0.4 is 0 Å². The molecule has 0 bridgehead atoms. The Bertz CT molecular complexity index is 1120. The third-order valence-electron chi connectivity index (χ3n) is 4.31. The first-order chi connectivity index (χ1) is 12.5. The number of hydrogen-bond acceptors (Lipinski definition) is 4. The molecule has 0 amide bonds. The van der Waals surface area contributed by atoms with Crippen molar-refractivity contribution in [2.75, 3.05) is 0 Å². The summed E-state index contributed by atoms with van der Waals surface area (Å²) < 4.78 is 0.851. The van der Waals surface area contributed by atoms with Gasteiger partial charge >= 0.3 is 0 Å². The molecule has 0 unspecified atom stereocenters. The zero-order chi connectivity index (χ0) is 18.3. The highest BCUT2D eigenvalue weighted by Gasteiger charge is 2.21. The summed E-state index contributed by atoms with van der Waals surface area (Å²) in [5, 5.41) is 20.2. The summed E-state index contributed by atoms with van der Waals surface area (Å²) in [6.45, 7) is 1.96. The van der Waals surface area contributed by atoms with E-state index in [0.717, 1.165) is 26.1 Å². The largest absolute Gasteiger partial charge is 0.508 e. The van der Waals surface area contributed by atoms with Crippen molar-refractivity contribution in [1.82, 2.24) is 0 Å². The first-order valence-electron chi connectivity index (χ1n) is 8.19. The Labute approximate surface area is 154 Å². The van der Waals surface area contributed by atoms with Crippen molar-refractivity contribution in [3.8, 4) is 21.9 Å². The van der Waals surface area contributed by atoms with E-state index in [-0.39, 0.29) is 17.3 Å². The highest BCUT2D eigenvalue weighted by Crippen LogP contribution is 2.41. The van der Waals surface area contributed by atoms with Gasteiger partial charge in [0.15, 0.2) is 5.78 Å². The van der Waals surface area contributed by atoms with Gasteiger partial charge in [-0.3, -0.25) is 4.79 Å². The average molecular weight is 360 g/mol. The van der Waals surface area contributed by atoms with E-state index in [2.05, 4.69) is 0 Å². The van der Waals surface area contributed by atoms with Gasteiger partial charge in [-0.1, -0.05) is 23.8 Å². The summed E-state index contributed by atoms with van der Waals surface area (Å²) in [6.07, 6.45) is 0. The number of phenolic OH excluding ortho intramolecular Hbond substituents is 2. The van der Waals surface area contributed by atoms with Crippen LogP contribution in [0.15, 0.2) is 66.7 Å². The number of benzene rings is 3. The van der Waals surface area contributed by atoms with Crippen LogP contribution in [0.2, 0.25) is 0 Å². The highest BCUT2D eigenvalue weighted by molar-refractivity contribution is 7.22. The summed E-state index contributed by atoms with van der Waals surface area (Å²) in [7, 11) is 0. The summed E-state index contributed by atoms with van der Waals surface area (Å²) >= 11 is 1.46. The molecule has 4 heteroatoms. The van der Waals surface area contributed by atoms with Crippen LogP contribution >= 0.6 is 11.3 Å². The fraction of sp³-hybridized carbons (Fsp3) is 0.0455. The van der Waals surface area contributed by atoms with Crippen LogP contribution in [0.4, 0.5) is 0 Å². The van der Waals surface area contributed by atoms with Crippen LogP contribution in [0.3, 0.4) is 0 Å². The number of thiophene rings is 1. The molecule has 3 nitrogen and oxygen atoms in total. The molecule has 0 aliphatic heterocycles. The van der Waals surface area contributed by atoms with Crippen molar-refractivity contribution < 1.29 is 15.0 Å². The summed E-state index contributed by atoms with van der Waals surface area (Å²) in [5.74, 6) is 0.304. The van der Waals surface area contributed by atoms with Gasteiger partial charge in [0.25, 0.3) is 0 Å². The lowest BCUT2D eigenvalue weighted by atomic mass is 9.97. The Balaban J connectivity index is 1.98. The van der Waals surface area contributed by atoms with Gasteiger partial charge in [-0.15, -0.1) is 11.3 Å². The Morgan fingerprint density at radius 2 is 1.62 bits per heavy atom. The lowest BCUT2D eigenvalue weighted by Gasteiger charge is -2.06. The second kappa shape index (κ2) is 6.32. The van der Waals surface area contributed by atoms with Gasteiger partial charge < -0.3 is 10.2 Å². The van der Waals surface area contributed by atoms with Gasteiger partial charge in [0.2, 0.25) is 0 Å². The zero-order valence-electron chi connectivity index (χ0n) is 14.1. The highest BCUT2D eigenvalue weighted by atomic mass is 32.1. The van der Waals surface area contributed by atoms with Crippen LogP contribution in [-0.2, 0) is 0 Å². The van der Waals surface area contributed by atoms with Gasteiger partial charge in [-0.05, 0) is 61.0 Å². The maximum absolute atomic E-state index is 13.3. The quantitative estimate of drug-likeness (QED) is 0.473. The van der Waals surface area contributed by atoms with Crippen molar-refractivity contribution in [3.63, 3.8) is 0 Å². The maximum Gasteiger partial charge on any atom is 0.195 e. The second-order valence-electron chi connectivity index (χ2n) is 6.23. The fourth-order valence-electron chi connectivity index (χ4n) is 3.06. The number of fused-ring (bicyclic) bond motifs is 1. The molecular formula is C22H16O3S. The molecule has 0 atom stereocenters. The van der Waals surface area contributed by atoms with Gasteiger partial charge in [-0.2, -0.15) is 0 Å². The number of hydrogen-bond donors (Lipinski definition) is 2. The first-order valence-corrected chi connectivity index (χ1v) is 9.01. The van der Waals surface area contributed by atoms with Crippen molar-refractivity contribution >= 4 is 27.2 Å². The van der Waals surface area contributed by atoms with Crippen LogP contribution in [0.5, 0.6) is 11.5 Å². The number of phenols is 2. The van der Waals surface area contributed by atoms with E-state index < -0.39 is 0 Å². The number of aryl methyl sites for hydroxylation is 1. The maximum atomic E-state index is 13.3. The number of carbonyl (C=O) groups is 1. The normalized spacial score (nSPS) is 11.0. The second-order valence-corrected chi connectivity index (χ2v) is 7.28. The van der Waals surface area contributed by atoms with Crippen LogP contribution in [0.25, 0.3) is 20.5 Å². The molecule has 4 aromatic rings. The Hall–Kier alpha value is -3.11. The minimum absolute atomic E-state index is 0.0475. The average Bonchev–Trinajstić information content (AvgIpc) is 3.00. The SMILES string of the molecule is Cc1cccc(C(=O)c2c(-c3ccc(O)cc3)sc3cc(O)ccc23)c1. The Morgan fingerprint density at radius 1 is 0.885 bits per heavy atom. The zero-order valence-corrected chi connectivity index (χ0v) is 14.9. The van der Waals surface area contributed by atoms with E-state index >= 15 is 0 Å². The van der Waals surface area contributed by atoms with Gasteiger partial charge in [0.05, 0.1) is 0 Å². The molecule has 0 aliphatic carbocycles. The van der Waals surface area contributed by atoms with E-state index in [4.69, 9.17) is 0 Å². The molecule has 4 rings (SSSR count). The molecule has 128 valence electrons. The van der Waals surface area contributed by atoms with Crippen molar-refractivity contribution in [1.29, 1.82) is 0 Å². The van der Waals surface area contributed by atoms with Crippen LogP contribution in [0.1, 0.15) is 21.5 Å². The smallest absolute Gasteiger partial charge is 0.195 e. The molecule has 1 aromatic heterocycles. The molecule has 1 heterocycles. The van der Waals surface area contributed by atoms with E-state index in [1.165, 1.54) is 11.3 Å². The van der Waals surface area contributed by atoms with Gasteiger partial charge in [0.1, 0.15) is 11.5 Å².